The van der Waals surface area contributed by atoms with Gasteiger partial charge in [-0.15, -0.1) is 5.10 Å². The van der Waals surface area contributed by atoms with Crippen LogP contribution in [0.1, 0.15) is 11.7 Å². The number of nitro groups is 1. The summed E-state index contributed by atoms with van der Waals surface area (Å²) in [5.41, 5.74) is -0.0674. The van der Waals surface area contributed by atoms with Crippen LogP contribution in [0.4, 0.5) is 5.69 Å². The standard InChI is InChI=1S/C18H15N5O5S/c1-28-15-12(24)8-7-10(13(15)23(26)27)16-19-11-6-4-3-5-9(11)14-17(25)20-18(29-2)21-22(14)16/h3-8,16,24H,1-2H3,(H,20,21,25). The van der Waals surface area contributed by atoms with Gasteiger partial charge in [-0.05, 0) is 24.5 Å². The molecule has 10 nitrogen and oxygen atoms in total. The van der Waals surface area contributed by atoms with Crippen LogP contribution >= 0.6 is 11.8 Å². The van der Waals surface area contributed by atoms with Crippen LogP contribution in [0.5, 0.6) is 11.5 Å². The molecule has 0 aromatic heterocycles. The molecule has 2 aliphatic heterocycles. The topological polar surface area (TPSA) is 130 Å². The lowest BCUT2D eigenvalue weighted by atomic mass is 10.1. The van der Waals surface area contributed by atoms with E-state index in [1.54, 1.807) is 30.5 Å². The highest BCUT2D eigenvalue weighted by atomic mass is 32.2. The summed E-state index contributed by atoms with van der Waals surface area (Å²) >= 11 is 1.23. The van der Waals surface area contributed by atoms with Gasteiger partial charge in [0.2, 0.25) is 5.75 Å². The average molecular weight is 413 g/mol. The molecule has 2 N–H and O–H groups in total. The summed E-state index contributed by atoms with van der Waals surface area (Å²) < 4.78 is 5.06. The molecule has 0 radical (unpaired) electrons. The second-order valence-corrected chi connectivity index (χ2v) is 6.88. The van der Waals surface area contributed by atoms with Crippen LogP contribution in [0.2, 0.25) is 0 Å². The number of nitrogens with zero attached hydrogens (tertiary/aromatic N) is 4. The number of rotatable bonds is 3. The monoisotopic (exact) mass is 413 g/mol. The number of amides is 1. The number of fused-ring (bicyclic) bond motifs is 2. The van der Waals surface area contributed by atoms with Crippen LogP contribution in [0.25, 0.3) is 5.70 Å². The summed E-state index contributed by atoms with van der Waals surface area (Å²) in [5, 5.41) is 31.7. The van der Waals surface area contributed by atoms with Crippen LogP contribution in [-0.2, 0) is 4.79 Å². The Morgan fingerprint density at radius 3 is 2.76 bits per heavy atom. The number of phenolic OH excluding ortho intramolecular Hbond substituents is 1. The Morgan fingerprint density at radius 2 is 2.07 bits per heavy atom. The number of carbonyl (C=O) groups excluding carboxylic acids is 1. The van der Waals surface area contributed by atoms with E-state index >= 15 is 0 Å². The Kier molecular flexibility index (Phi) is 4.59. The van der Waals surface area contributed by atoms with Gasteiger partial charge in [0.25, 0.3) is 5.91 Å². The summed E-state index contributed by atoms with van der Waals surface area (Å²) in [6, 6.07) is 9.67. The number of aromatic hydroxyl groups is 1. The van der Waals surface area contributed by atoms with Crippen LogP contribution in [-0.4, -0.2) is 39.5 Å². The number of benzene rings is 2. The van der Waals surface area contributed by atoms with E-state index in [2.05, 4.69) is 15.4 Å². The van der Waals surface area contributed by atoms with Crippen molar-refractivity contribution in [2.75, 3.05) is 13.4 Å². The molecule has 29 heavy (non-hydrogen) atoms. The quantitative estimate of drug-likeness (QED) is 0.563. The number of thioether (sulfide) groups is 1. The maximum Gasteiger partial charge on any atom is 0.322 e. The molecule has 0 aliphatic carbocycles. The lowest BCUT2D eigenvalue weighted by molar-refractivity contribution is -0.386. The number of carbonyl (C=O) groups is 1. The fourth-order valence-corrected chi connectivity index (χ4v) is 3.66. The Labute approximate surface area is 168 Å². The van der Waals surface area contributed by atoms with Crippen molar-refractivity contribution in [3.8, 4) is 11.5 Å². The van der Waals surface area contributed by atoms with Gasteiger partial charge in [-0.3, -0.25) is 25.2 Å². The Hall–Kier alpha value is -3.60. The maximum atomic E-state index is 12.8. The van der Waals surface area contributed by atoms with Gasteiger partial charge in [-0.2, -0.15) is 0 Å². The van der Waals surface area contributed by atoms with Crippen molar-refractivity contribution in [3.05, 3.63) is 62.7 Å². The third kappa shape index (κ3) is 2.95. The maximum absolute atomic E-state index is 12.8. The smallest absolute Gasteiger partial charge is 0.322 e. The van der Waals surface area contributed by atoms with Crippen molar-refractivity contribution in [1.82, 2.24) is 10.3 Å². The van der Waals surface area contributed by atoms with Gasteiger partial charge in [0.15, 0.2) is 17.1 Å². The predicted octanol–water partition coefficient (Wildman–Crippen LogP) is 0.815. The van der Waals surface area contributed by atoms with E-state index in [0.717, 1.165) is 0 Å². The minimum absolute atomic E-state index is 0.135. The number of phenols is 1. The molecule has 0 fully saturated rings. The van der Waals surface area contributed by atoms with Crippen LogP contribution < -0.4 is 20.6 Å². The van der Waals surface area contributed by atoms with E-state index < -0.39 is 16.8 Å². The van der Waals surface area contributed by atoms with E-state index in [1.807, 2.05) is 0 Å². The average Bonchev–Trinajstić information content (AvgIpc) is 2.72. The lowest BCUT2D eigenvalue weighted by Crippen LogP contribution is -2.50. The van der Waals surface area contributed by atoms with Crippen molar-refractivity contribution in [1.29, 1.82) is 0 Å². The van der Waals surface area contributed by atoms with Crippen LogP contribution in [0.15, 0.2) is 46.5 Å². The number of para-hydroxylation sites is 1. The number of methoxy groups -OCH3 is 1. The molecule has 0 spiro atoms. The molecule has 0 saturated carbocycles. The molecular formula is C18H15N5O5S. The van der Waals surface area contributed by atoms with Crippen molar-refractivity contribution >= 4 is 34.2 Å². The fraction of sp³-hybridized carbons (Fsp3) is 0.167. The lowest BCUT2D eigenvalue weighted by Gasteiger charge is -2.33. The summed E-state index contributed by atoms with van der Waals surface area (Å²) in [6.45, 7) is 0. The van der Waals surface area contributed by atoms with Crippen molar-refractivity contribution in [2.45, 2.75) is 6.17 Å². The first-order valence-corrected chi connectivity index (χ1v) is 9.63. The first kappa shape index (κ1) is 18.7. The Balaban J connectivity index is 2.05. The van der Waals surface area contributed by atoms with Crippen molar-refractivity contribution in [2.24, 2.45) is 10.1 Å². The first-order valence-electron chi connectivity index (χ1n) is 8.41. The highest BCUT2D eigenvalue weighted by Crippen LogP contribution is 2.44. The zero-order chi connectivity index (χ0) is 20.7. The second-order valence-electron chi connectivity index (χ2n) is 6.09. The van der Waals surface area contributed by atoms with Gasteiger partial charge < -0.3 is 9.84 Å². The van der Waals surface area contributed by atoms with Crippen LogP contribution in [0, 0.1) is 10.1 Å². The van der Waals surface area contributed by atoms with Gasteiger partial charge in [0.1, 0.15) is 5.70 Å². The minimum Gasteiger partial charge on any atom is -0.504 e. The molecule has 148 valence electrons. The number of hydrogen-bond acceptors (Lipinski definition) is 9. The molecule has 2 heterocycles. The molecule has 0 bridgehead atoms. The van der Waals surface area contributed by atoms with Gasteiger partial charge >= 0.3 is 5.69 Å². The SMILES string of the molecule is COc1c(O)ccc(C2N=c3ccccc3=C3C(=O)NC(SC)=NN32)c1[N+](=O)[O-]. The molecule has 2 aromatic carbocycles. The van der Waals surface area contributed by atoms with Gasteiger partial charge in [0.05, 0.1) is 23.0 Å². The molecule has 2 aromatic rings. The van der Waals surface area contributed by atoms with Gasteiger partial charge in [0, 0.05) is 5.22 Å². The number of ether oxygens (including phenoxy) is 1. The van der Waals surface area contributed by atoms with E-state index in [1.165, 1.54) is 36.0 Å². The minimum atomic E-state index is -0.997. The molecular weight excluding hydrogens is 398 g/mol. The number of nitrogens with one attached hydrogen (secondary N) is 1. The second kappa shape index (κ2) is 7.09. The van der Waals surface area contributed by atoms with Gasteiger partial charge in [-0.1, -0.05) is 30.0 Å². The third-order valence-corrected chi connectivity index (χ3v) is 5.09. The number of amidine groups is 1. The normalized spacial score (nSPS) is 17.5. The summed E-state index contributed by atoms with van der Waals surface area (Å²) in [7, 11) is 1.23. The highest BCUT2D eigenvalue weighted by molar-refractivity contribution is 8.13. The molecule has 1 atom stereocenters. The van der Waals surface area contributed by atoms with Crippen molar-refractivity contribution in [3.63, 3.8) is 0 Å². The molecule has 11 heteroatoms. The third-order valence-electron chi connectivity index (χ3n) is 4.52. The number of hydrazone groups is 1. The highest BCUT2D eigenvalue weighted by Gasteiger charge is 2.39. The van der Waals surface area contributed by atoms with Gasteiger partial charge in [-0.25, -0.2) is 5.01 Å². The van der Waals surface area contributed by atoms with E-state index in [4.69, 9.17) is 4.74 Å². The number of hydrogen-bond donors (Lipinski definition) is 2. The van der Waals surface area contributed by atoms with E-state index in [9.17, 15) is 20.0 Å². The van der Waals surface area contributed by atoms with E-state index in [-0.39, 0.29) is 28.7 Å². The molecule has 1 unspecified atom stereocenters. The molecule has 1 amide bonds. The molecule has 0 saturated heterocycles. The largest absolute Gasteiger partial charge is 0.504 e. The zero-order valence-electron chi connectivity index (χ0n) is 15.3. The Morgan fingerprint density at radius 1 is 1.31 bits per heavy atom. The summed E-state index contributed by atoms with van der Waals surface area (Å²) in [4.78, 5) is 28.6. The van der Waals surface area contributed by atoms with Crippen LogP contribution in [0.3, 0.4) is 0 Å². The summed E-state index contributed by atoms with van der Waals surface area (Å²) in [5.74, 6) is -1.03. The van der Waals surface area contributed by atoms with Crippen molar-refractivity contribution < 1.29 is 19.6 Å². The number of nitro benzene ring substituents is 1. The zero-order valence-corrected chi connectivity index (χ0v) is 16.1. The molecule has 4 rings (SSSR count). The Bertz CT molecular complexity index is 1200. The summed E-state index contributed by atoms with van der Waals surface area (Å²) in [6.07, 6.45) is 0.753. The fourth-order valence-electron chi connectivity index (χ4n) is 3.30. The van der Waals surface area contributed by atoms with E-state index in [0.29, 0.717) is 15.7 Å². The predicted molar refractivity (Wildman–Crippen MR) is 106 cm³/mol. The molecule has 2 aliphatic rings. The first-order chi connectivity index (χ1) is 14.0.